The van der Waals surface area contributed by atoms with E-state index in [1.54, 1.807) is 18.2 Å². The second kappa shape index (κ2) is 9.45. The first-order valence-corrected chi connectivity index (χ1v) is 6.29. The smallest absolute Gasteiger partial charge is 0.224 e. The summed E-state index contributed by atoms with van der Waals surface area (Å²) >= 11 is 11.7. The maximum Gasteiger partial charge on any atom is 0.224 e. The number of unbranched alkanes of at least 4 members (excludes halogenated alkanes) is 1. The molecule has 0 heterocycles. The Kier molecular flexibility index (Phi) is 9.20. The van der Waals surface area contributed by atoms with Crippen molar-refractivity contribution in [2.24, 2.45) is 5.73 Å². The molecule has 18 heavy (non-hydrogen) atoms. The fourth-order valence-electron chi connectivity index (χ4n) is 1.39. The van der Waals surface area contributed by atoms with E-state index < -0.39 is 0 Å². The van der Waals surface area contributed by atoms with Gasteiger partial charge in [0.2, 0.25) is 5.91 Å². The van der Waals surface area contributed by atoms with E-state index in [1.807, 2.05) is 0 Å². The van der Waals surface area contributed by atoms with Crippen LogP contribution in [0.1, 0.15) is 18.4 Å². The van der Waals surface area contributed by atoms with E-state index in [4.69, 9.17) is 28.9 Å². The van der Waals surface area contributed by atoms with Gasteiger partial charge in [-0.05, 0) is 37.1 Å². The highest BCUT2D eigenvalue weighted by Gasteiger charge is 2.05. The Balaban J connectivity index is 0.00000289. The van der Waals surface area contributed by atoms with Crippen molar-refractivity contribution in [1.82, 2.24) is 5.32 Å². The topological polar surface area (TPSA) is 55.1 Å². The normalized spacial score (nSPS) is 9.72. The predicted molar refractivity (Wildman–Crippen MR) is 78.7 cm³/mol. The predicted octanol–water partition coefficient (Wildman–Crippen LogP) is 2.81. The number of hydrogen-bond donors (Lipinski definition) is 2. The number of halogens is 3. The molecule has 0 radical (unpaired) electrons. The molecule has 1 amide bonds. The Morgan fingerprint density at radius 2 is 1.94 bits per heavy atom. The van der Waals surface area contributed by atoms with E-state index >= 15 is 0 Å². The molecule has 3 N–H and O–H groups in total. The van der Waals surface area contributed by atoms with Crippen LogP contribution < -0.4 is 11.1 Å². The van der Waals surface area contributed by atoms with Crippen LogP contribution in [-0.2, 0) is 11.2 Å². The van der Waals surface area contributed by atoms with Gasteiger partial charge in [0, 0.05) is 6.54 Å². The Hall–Kier alpha value is -0.480. The molecular weight excluding hydrogens is 295 g/mol. The number of carbonyl (C=O) groups excluding carboxylic acids is 1. The molecule has 0 atom stereocenters. The van der Waals surface area contributed by atoms with Gasteiger partial charge in [-0.1, -0.05) is 29.3 Å². The van der Waals surface area contributed by atoms with Gasteiger partial charge in [-0.2, -0.15) is 0 Å². The van der Waals surface area contributed by atoms with Crippen LogP contribution in [0, 0.1) is 0 Å². The van der Waals surface area contributed by atoms with E-state index in [1.165, 1.54) is 0 Å². The number of nitrogens with two attached hydrogens (primary N) is 1. The van der Waals surface area contributed by atoms with Gasteiger partial charge in [-0.25, -0.2) is 0 Å². The minimum Gasteiger partial charge on any atom is -0.356 e. The Labute approximate surface area is 123 Å². The molecule has 1 aromatic rings. The molecule has 0 unspecified atom stereocenters. The van der Waals surface area contributed by atoms with E-state index in [0.717, 1.165) is 18.4 Å². The van der Waals surface area contributed by atoms with Gasteiger partial charge < -0.3 is 11.1 Å². The average molecular weight is 312 g/mol. The van der Waals surface area contributed by atoms with Crippen molar-refractivity contribution in [2.45, 2.75) is 19.3 Å². The Bertz CT molecular complexity index is 386. The van der Waals surface area contributed by atoms with Gasteiger partial charge in [-0.3, -0.25) is 4.79 Å². The molecule has 0 fully saturated rings. The maximum atomic E-state index is 11.6. The van der Waals surface area contributed by atoms with Crippen molar-refractivity contribution in [3.8, 4) is 0 Å². The Morgan fingerprint density at radius 1 is 1.22 bits per heavy atom. The van der Waals surface area contributed by atoms with E-state index in [-0.39, 0.29) is 18.3 Å². The molecule has 0 bridgehead atoms. The molecule has 6 heteroatoms. The van der Waals surface area contributed by atoms with Gasteiger partial charge >= 0.3 is 0 Å². The summed E-state index contributed by atoms with van der Waals surface area (Å²) in [7, 11) is 0. The second-order valence-corrected chi connectivity index (χ2v) is 4.59. The minimum absolute atomic E-state index is 0. The first-order valence-electron chi connectivity index (χ1n) is 5.54. The van der Waals surface area contributed by atoms with Gasteiger partial charge in [0.15, 0.2) is 0 Å². The standard InChI is InChI=1S/C12H16Cl2N2O.ClH/c13-10-4-3-9(7-11(10)14)8-12(17)16-6-2-1-5-15;/h3-4,7H,1-2,5-6,8,15H2,(H,16,17);1H. The zero-order valence-corrected chi connectivity index (χ0v) is 12.2. The molecule has 0 aliphatic carbocycles. The largest absolute Gasteiger partial charge is 0.356 e. The van der Waals surface area contributed by atoms with Crippen molar-refractivity contribution in [3.05, 3.63) is 33.8 Å². The van der Waals surface area contributed by atoms with Gasteiger partial charge in [-0.15, -0.1) is 12.4 Å². The molecule has 0 aromatic heterocycles. The van der Waals surface area contributed by atoms with Crippen molar-refractivity contribution in [1.29, 1.82) is 0 Å². The van der Waals surface area contributed by atoms with E-state index in [2.05, 4.69) is 5.32 Å². The van der Waals surface area contributed by atoms with Gasteiger partial charge in [0.1, 0.15) is 0 Å². The lowest BCUT2D eigenvalue weighted by Gasteiger charge is -2.05. The third-order valence-corrected chi connectivity index (χ3v) is 3.04. The first kappa shape index (κ1) is 17.5. The van der Waals surface area contributed by atoms with Crippen LogP contribution in [0.4, 0.5) is 0 Å². The monoisotopic (exact) mass is 310 g/mol. The third-order valence-electron chi connectivity index (χ3n) is 2.30. The molecule has 0 saturated heterocycles. The zero-order chi connectivity index (χ0) is 12.7. The van der Waals surface area contributed by atoms with Crippen LogP contribution in [0.3, 0.4) is 0 Å². The zero-order valence-electron chi connectivity index (χ0n) is 9.92. The molecule has 0 aliphatic heterocycles. The van der Waals surface area contributed by atoms with Crippen LogP contribution in [0.2, 0.25) is 10.0 Å². The highest BCUT2D eigenvalue weighted by Crippen LogP contribution is 2.22. The molecular formula is C12H17Cl3N2O. The van der Waals surface area contributed by atoms with Crippen molar-refractivity contribution < 1.29 is 4.79 Å². The van der Waals surface area contributed by atoms with Crippen molar-refractivity contribution >= 4 is 41.5 Å². The Morgan fingerprint density at radius 3 is 2.56 bits per heavy atom. The lowest BCUT2D eigenvalue weighted by Crippen LogP contribution is -2.26. The second-order valence-electron chi connectivity index (χ2n) is 3.77. The molecule has 102 valence electrons. The van der Waals surface area contributed by atoms with Crippen LogP contribution in [0.15, 0.2) is 18.2 Å². The fourth-order valence-corrected chi connectivity index (χ4v) is 1.72. The van der Waals surface area contributed by atoms with Gasteiger partial charge in [0.25, 0.3) is 0 Å². The van der Waals surface area contributed by atoms with E-state index in [9.17, 15) is 4.79 Å². The number of nitrogens with one attached hydrogen (secondary N) is 1. The third kappa shape index (κ3) is 6.45. The lowest BCUT2D eigenvalue weighted by atomic mass is 10.1. The van der Waals surface area contributed by atoms with Crippen LogP contribution >= 0.6 is 35.6 Å². The van der Waals surface area contributed by atoms with Crippen LogP contribution in [0.25, 0.3) is 0 Å². The maximum absolute atomic E-state index is 11.6. The summed E-state index contributed by atoms with van der Waals surface area (Å²) in [6, 6.07) is 5.21. The summed E-state index contributed by atoms with van der Waals surface area (Å²) in [5.74, 6) is -0.0135. The summed E-state index contributed by atoms with van der Waals surface area (Å²) in [5.41, 5.74) is 6.22. The van der Waals surface area contributed by atoms with Gasteiger partial charge in [0.05, 0.1) is 16.5 Å². The fraction of sp³-hybridized carbons (Fsp3) is 0.417. The molecule has 1 rings (SSSR count). The minimum atomic E-state index is -0.0135. The SMILES string of the molecule is Cl.NCCCCNC(=O)Cc1ccc(Cl)c(Cl)c1. The van der Waals surface area contributed by atoms with Crippen molar-refractivity contribution in [3.63, 3.8) is 0 Å². The number of amides is 1. The summed E-state index contributed by atoms with van der Waals surface area (Å²) in [6.45, 7) is 1.32. The average Bonchev–Trinajstić information content (AvgIpc) is 2.30. The molecule has 0 aliphatic rings. The van der Waals surface area contributed by atoms with Crippen LogP contribution in [-0.4, -0.2) is 19.0 Å². The summed E-state index contributed by atoms with van der Waals surface area (Å²) in [5, 5.41) is 3.80. The molecule has 0 spiro atoms. The highest BCUT2D eigenvalue weighted by molar-refractivity contribution is 6.42. The van der Waals surface area contributed by atoms with E-state index in [0.29, 0.717) is 29.6 Å². The number of hydrogen-bond acceptors (Lipinski definition) is 2. The number of benzene rings is 1. The number of carbonyl (C=O) groups is 1. The molecule has 3 nitrogen and oxygen atoms in total. The lowest BCUT2D eigenvalue weighted by molar-refractivity contribution is -0.120. The summed E-state index contributed by atoms with van der Waals surface area (Å²) in [6.07, 6.45) is 2.15. The summed E-state index contributed by atoms with van der Waals surface area (Å²) < 4.78 is 0. The first-order chi connectivity index (χ1) is 8.13. The summed E-state index contributed by atoms with van der Waals surface area (Å²) in [4.78, 5) is 11.6. The quantitative estimate of drug-likeness (QED) is 0.794. The number of rotatable bonds is 6. The van der Waals surface area contributed by atoms with Crippen molar-refractivity contribution in [2.75, 3.05) is 13.1 Å². The highest BCUT2D eigenvalue weighted by atomic mass is 35.5. The molecule has 0 saturated carbocycles. The van der Waals surface area contributed by atoms with Crippen LogP contribution in [0.5, 0.6) is 0 Å². The molecule has 1 aromatic carbocycles.